The second-order valence-electron chi connectivity index (χ2n) is 9.10. The van der Waals surface area contributed by atoms with Gasteiger partial charge in [-0.25, -0.2) is 0 Å². The Hall–Kier alpha value is -1.30. The molecule has 2 N–H and O–H groups in total. The van der Waals surface area contributed by atoms with E-state index in [1.54, 1.807) is 0 Å². The molecular formula is C23H36ClN5. The Morgan fingerprint density at radius 3 is 2.72 bits per heavy atom. The summed E-state index contributed by atoms with van der Waals surface area (Å²) in [5, 5.41) is 8.01. The van der Waals surface area contributed by atoms with E-state index < -0.39 is 0 Å². The SMILES string of the molecule is CN=C(NCC1CCN(C2CC2)C1)NCC1CCCN(C)C1c1cccc(Cl)c1. The smallest absolute Gasteiger partial charge is 0.190 e. The van der Waals surface area contributed by atoms with Crippen molar-refractivity contribution in [2.75, 3.05) is 46.8 Å². The van der Waals surface area contributed by atoms with E-state index in [-0.39, 0.29) is 0 Å². The highest BCUT2D eigenvalue weighted by atomic mass is 35.5. The van der Waals surface area contributed by atoms with Crippen molar-refractivity contribution < 1.29 is 0 Å². The molecule has 3 unspecified atom stereocenters. The fraction of sp³-hybridized carbons (Fsp3) is 0.696. The minimum atomic E-state index is 0.398. The fourth-order valence-corrected chi connectivity index (χ4v) is 5.38. The number of aliphatic imine (C=N–C) groups is 1. The molecule has 0 radical (unpaired) electrons. The lowest BCUT2D eigenvalue weighted by atomic mass is 9.85. The van der Waals surface area contributed by atoms with Crippen LogP contribution < -0.4 is 10.6 Å². The summed E-state index contributed by atoms with van der Waals surface area (Å²) in [6.07, 6.45) is 6.60. The summed E-state index contributed by atoms with van der Waals surface area (Å²) in [5.41, 5.74) is 1.32. The maximum atomic E-state index is 6.28. The molecule has 4 rings (SSSR count). The number of guanidine groups is 1. The minimum Gasteiger partial charge on any atom is -0.356 e. The summed E-state index contributed by atoms with van der Waals surface area (Å²) in [6, 6.07) is 9.65. The van der Waals surface area contributed by atoms with Gasteiger partial charge in [-0.2, -0.15) is 0 Å². The van der Waals surface area contributed by atoms with Crippen molar-refractivity contribution >= 4 is 17.6 Å². The summed E-state index contributed by atoms with van der Waals surface area (Å²) >= 11 is 6.28. The Kier molecular flexibility index (Phi) is 6.99. The number of nitrogens with one attached hydrogen (secondary N) is 2. The van der Waals surface area contributed by atoms with Crippen molar-refractivity contribution in [3.8, 4) is 0 Å². The second-order valence-corrected chi connectivity index (χ2v) is 9.53. The van der Waals surface area contributed by atoms with E-state index in [9.17, 15) is 0 Å². The molecule has 160 valence electrons. The second kappa shape index (κ2) is 9.67. The van der Waals surface area contributed by atoms with Gasteiger partial charge in [0.15, 0.2) is 5.96 Å². The molecule has 2 heterocycles. The van der Waals surface area contributed by atoms with E-state index in [1.165, 1.54) is 50.8 Å². The van der Waals surface area contributed by atoms with E-state index >= 15 is 0 Å². The van der Waals surface area contributed by atoms with Crippen LogP contribution in [0.5, 0.6) is 0 Å². The van der Waals surface area contributed by atoms with Crippen LogP contribution in [0.15, 0.2) is 29.3 Å². The predicted octanol–water partition coefficient (Wildman–Crippen LogP) is 3.37. The number of hydrogen-bond acceptors (Lipinski definition) is 3. The van der Waals surface area contributed by atoms with Gasteiger partial charge in [0.25, 0.3) is 0 Å². The number of halogens is 1. The molecule has 2 aliphatic heterocycles. The maximum Gasteiger partial charge on any atom is 0.190 e. The molecular weight excluding hydrogens is 382 g/mol. The summed E-state index contributed by atoms with van der Waals surface area (Å²) in [6.45, 7) is 5.61. The van der Waals surface area contributed by atoms with Crippen LogP contribution >= 0.6 is 11.6 Å². The molecule has 3 aliphatic rings. The van der Waals surface area contributed by atoms with Gasteiger partial charge in [-0.1, -0.05) is 23.7 Å². The van der Waals surface area contributed by atoms with Gasteiger partial charge < -0.3 is 15.5 Å². The zero-order valence-electron chi connectivity index (χ0n) is 17.9. The molecule has 1 aromatic rings. The van der Waals surface area contributed by atoms with E-state index in [0.717, 1.165) is 42.6 Å². The summed E-state index contributed by atoms with van der Waals surface area (Å²) < 4.78 is 0. The van der Waals surface area contributed by atoms with Gasteiger partial charge in [0, 0.05) is 43.8 Å². The number of piperidine rings is 1. The molecule has 5 nitrogen and oxygen atoms in total. The standard InChI is InChI=1S/C23H36ClN5/c1-25-23(26-14-17-10-12-29(16-17)21-8-9-21)27-15-19-6-4-11-28(2)22(19)18-5-3-7-20(24)13-18/h3,5,7,13,17,19,21-22H,4,6,8-12,14-16H2,1-2H3,(H2,25,26,27). The number of likely N-dealkylation sites (tertiary alicyclic amines) is 2. The Morgan fingerprint density at radius 1 is 1.14 bits per heavy atom. The largest absolute Gasteiger partial charge is 0.356 e. The van der Waals surface area contributed by atoms with E-state index in [4.69, 9.17) is 11.6 Å². The first-order valence-electron chi connectivity index (χ1n) is 11.3. The van der Waals surface area contributed by atoms with Crippen LogP contribution in [-0.4, -0.2) is 68.6 Å². The van der Waals surface area contributed by atoms with Gasteiger partial charge in [-0.15, -0.1) is 0 Å². The van der Waals surface area contributed by atoms with Gasteiger partial charge in [0.1, 0.15) is 0 Å². The molecule has 1 aromatic carbocycles. The maximum absolute atomic E-state index is 6.28. The van der Waals surface area contributed by atoms with Gasteiger partial charge in [0.05, 0.1) is 0 Å². The number of hydrogen-bond donors (Lipinski definition) is 2. The van der Waals surface area contributed by atoms with E-state index in [2.05, 4.69) is 50.7 Å². The molecule has 29 heavy (non-hydrogen) atoms. The van der Waals surface area contributed by atoms with Crippen molar-refractivity contribution in [1.29, 1.82) is 0 Å². The first kappa shape index (κ1) is 21.0. The van der Waals surface area contributed by atoms with Crippen LogP contribution in [0.1, 0.15) is 43.7 Å². The first-order chi connectivity index (χ1) is 14.1. The molecule has 1 aliphatic carbocycles. The minimum absolute atomic E-state index is 0.398. The topological polar surface area (TPSA) is 42.9 Å². The van der Waals surface area contributed by atoms with Crippen LogP contribution in [0.2, 0.25) is 5.02 Å². The average Bonchev–Trinajstić information content (AvgIpc) is 3.46. The zero-order valence-corrected chi connectivity index (χ0v) is 18.7. The zero-order chi connectivity index (χ0) is 20.2. The third kappa shape index (κ3) is 5.44. The third-order valence-electron chi connectivity index (χ3n) is 6.89. The Morgan fingerprint density at radius 2 is 1.97 bits per heavy atom. The van der Waals surface area contributed by atoms with Gasteiger partial charge in [-0.3, -0.25) is 9.89 Å². The van der Waals surface area contributed by atoms with Gasteiger partial charge in [0.2, 0.25) is 0 Å². The Bertz CT molecular complexity index is 704. The summed E-state index contributed by atoms with van der Waals surface area (Å²) in [7, 11) is 4.11. The monoisotopic (exact) mass is 417 g/mol. The highest BCUT2D eigenvalue weighted by Crippen LogP contribution is 2.35. The number of benzene rings is 1. The van der Waals surface area contributed by atoms with Crippen LogP contribution in [0.4, 0.5) is 0 Å². The highest BCUT2D eigenvalue weighted by molar-refractivity contribution is 6.30. The molecule has 0 bridgehead atoms. The third-order valence-corrected chi connectivity index (χ3v) is 7.13. The number of rotatable bonds is 6. The quantitative estimate of drug-likeness (QED) is 0.550. The van der Waals surface area contributed by atoms with Crippen molar-refractivity contribution in [2.24, 2.45) is 16.8 Å². The number of nitrogens with zero attached hydrogens (tertiary/aromatic N) is 3. The predicted molar refractivity (Wildman–Crippen MR) is 122 cm³/mol. The lowest BCUT2D eigenvalue weighted by Crippen LogP contribution is -2.46. The van der Waals surface area contributed by atoms with Crippen molar-refractivity contribution in [2.45, 2.75) is 44.2 Å². The molecule has 3 atom stereocenters. The van der Waals surface area contributed by atoms with Gasteiger partial charge in [-0.05, 0) is 81.8 Å². The Balaban J connectivity index is 1.29. The van der Waals surface area contributed by atoms with Crippen LogP contribution in [0.25, 0.3) is 0 Å². The van der Waals surface area contributed by atoms with Crippen LogP contribution in [-0.2, 0) is 0 Å². The molecule has 2 saturated heterocycles. The normalized spacial score (nSPS) is 29.2. The summed E-state index contributed by atoms with van der Waals surface area (Å²) in [5.74, 6) is 2.23. The molecule has 0 spiro atoms. The van der Waals surface area contributed by atoms with Crippen molar-refractivity contribution in [3.63, 3.8) is 0 Å². The lowest BCUT2D eigenvalue weighted by Gasteiger charge is -2.40. The molecule has 1 saturated carbocycles. The van der Waals surface area contributed by atoms with Crippen LogP contribution in [0, 0.1) is 11.8 Å². The first-order valence-corrected chi connectivity index (χ1v) is 11.7. The average molecular weight is 418 g/mol. The van der Waals surface area contributed by atoms with Crippen molar-refractivity contribution in [1.82, 2.24) is 20.4 Å². The summed E-state index contributed by atoms with van der Waals surface area (Å²) in [4.78, 5) is 9.63. The molecule has 6 heteroatoms. The Labute approximate surface area is 180 Å². The molecule has 3 fully saturated rings. The molecule has 0 aromatic heterocycles. The van der Waals surface area contributed by atoms with E-state index in [0.29, 0.717) is 12.0 Å². The highest BCUT2D eigenvalue weighted by Gasteiger charge is 2.34. The molecule has 0 amide bonds. The van der Waals surface area contributed by atoms with Gasteiger partial charge >= 0.3 is 0 Å². The lowest BCUT2D eigenvalue weighted by molar-refractivity contribution is 0.122. The fourth-order valence-electron chi connectivity index (χ4n) is 5.18. The van der Waals surface area contributed by atoms with Crippen LogP contribution in [0.3, 0.4) is 0 Å². The van der Waals surface area contributed by atoms with Crippen molar-refractivity contribution in [3.05, 3.63) is 34.9 Å². The van der Waals surface area contributed by atoms with E-state index in [1.807, 2.05) is 13.1 Å².